The van der Waals surface area contributed by atoms with Gasteiger partial charge >= 0.3 is 5.97 Å². The van der Waals surface area contributed by atoms with Gasteiger partial charge in [0.25, 0.3) is 0 Å². The van der Waals surface area contributed by atoms with Crippen LogP contribution in [-0.2, 0) is 9.59 Å². The third-order valence-electron chi connectivity index (χ3n) is 3.41. The molecule has 0 aromatic heterocycles. The van der Waals surface area contributed by atoms with Gasteiger partial charge in [-0.3, -0.25) is 14.5 Å². The third kappa shape index (κ3) is 4.42. The van der Waals surface area contributed by atoms with Gasteiger partial charge in [-0.05, 0) is 12.1 Å². The van der Waals surface area contributed by atoms with E-state index in [-0.39, 0.29) is 12.3 Å². The highest BCUT2D eigenvalue weighted by molar-refractivity contribution is 6.33. The van der Waals surface area contributed by atoms with Gasteiger partial charge in [0.05, 0.1) is 10.7 Å². The van der Waals surface area contributed by atoms with Gasteiger partial charge in [-0.2, -0.15) is 0 Å². The molecule has 0 aliphatic carbocycles. The highest BCUT2D eigenvalue weighted by atomic mass is 35.5. The lowest BCUT2D eigenvalue weighted by Gasteiger charge is -2.33. The van der Waals surface area contributed by atoms with Crippen molar-refractivity contribution in [1.29, 1.82) is 0 Å². The van der Waals surface area contributed by atoms with Gasteiger partial charge in [0.15, 0.2) is 0 Å². The average Bonchev–Trinajstić information content (AvgIpc) is 2.48. The first-order chi connectivity index (χ1) is 10.1. The largest absolute Gasteiger partial charge is 0.480 e. The fourth-order valence-electron chi connectivity index (χ4n) is 2.28. The van der Waals surface area contributed by atoms with Crippen molar-refractivity contribution >= 4 is 29.2 Å². The number of rotatable bonds is 5. The Bertz CT molecular complexity index is 524. The van der Waals surface area contributed by atoms with E-state index in [9.17, 15) is 9.59 Å². The van der Waals surface area contributed by atoms with E-state index in [1.54, 1.807) is 24.3 Å². The molecule has 114 valence electrons. The zero-order chi connectivity index (χ0) is 15.2. The fraction of sp³-hybridized carbons (Fsp3) is 0.429. The van der Waals surface area contributed by atoms with Crippen molar-refractivity contribution in [1.82, 2.24) is 10.2 Å². The van der Waals surface area contributed by atoms with Crippen LogP contribution >= 0.6 is 11.6 Å². The highest BCUT2D eigenvalue weighted by Crippen LogP contribution is 2.20. The fourth-order valence-corrected chi connectivity index (χ4v) is 2.46. The number of carboxylic acids is 1. The number of carbonyl (C=O) groups is 2. The van der Waals surface area contributed by atoms with Crippen molar-refractivity contribution in [3.8, 4) is 0 Å². The van der Waals surface area contributed by atoms with Gasteiger partial charge in [0.1, 0.15) is 6.04 Å². The van der Waals surface area contributed by atoms with Crippen molar-refractivity contribution in [3.05, 3.63) is 29.3 Å². The predicted molar refractivity (Wildman–Crippen MR) is 80.6 cm³/mol. The number of amides is 1. The van der Waals surface area contributed by atoms with Gasteiger partial charge in [0, 0.05) is 32.6 Å². The van der Waals surface area contributed by atoms with Crippen molar-refractivity contribution < 1.29 is 14.7 Å². The molecule has 1 atom stereocenters. The molecule has 1 heterocycles. The van der Waals surface area contributed by atoms with E-state index in [0.717, 1.165) is 6.54 Å². The Morgan fingerprint density at radius 1 is 1.43 bits per heavy atom. The Labute approximate surface area is 128 Å². The highest BCUT2D eigenvalue weighted by Gasteiger charge is 2.28. The number of benzene rings is 1. The molecule has 1 unspecified atom stereocenters. The number of anilines is 1. The van der Waals surface area contributed by atoms with Gasteiger partial charge in [0.2, 0.25) is 5.91 Å². The van der Waals surface area contributed by atoms with Crippen LogP contribution in [0.15, 0.2) is 24.3 Å². The molecule has 0 bridgehead atoms. The summed E-state index contributed by atoms with van der Waals surface area (Å²) in [6.07, 6.45) is 0.231. The maximum Gasteiger partial charge on any atom is 0.322 e. The number of carboxylic acid groups (broad SMARTS) is 1. The second kappa shape index (κ2) is 7.40. The summed E-state index contributed by atoms with van der Waals surface area (Å²) in [4.78, 5) is 24.9. The number of halogens is 1. The summed E-state index contributed by atoms with van der Waals surface area (Å²) < 4.78 is 0. The molecule has 0 spiro atoms. The molecule has 1 saturated heterocycles. The molecule has 1 aliphatic rings. The van der Waals surface area contributed by atoms with Gasteiger partial charge < -0.3 is 15.7 Å². The topological polar surface area (TPSA) is 81.7 Å². The quantitative estimate of drug-likeness (QED) is 0.756. The molecule has 3 N–H and O–H groups in total. The molecule has 1 amide bonds. The van der Waals surface area contributed by atoms with E-state index >= 15 is 0 Å². The summed E-state index contributed by atoms with van der Waals surface area (Å²) >= 11 is 5.97. The average molecular weight is 312 g/mol. The van der Waals surface area contributed by atoms with E-state index in [0.29, 0.717) is 30.3 Å². The van der Waals surface area contributed by atoms with E-state index in [1.807, 2.05) is 4.90 Å². The number of hydrogen-bond donors (Lipinski definition) is 3. The number of aliphatic carboxylic acids is 1. The summed E-state index contributed by atoms with van der Waals surface area (Å²) in [6.45, 7) is 2.17. The summed E-state index contributed by atoms with van der Waals surface area (Å²) in [7, 11) is 0. The molecule has 1 aromatic rings. The van der Waals surface area contributed by atoms with Crippen LogP contribution in [0.5, 0.6) is 0 Å². The molecule has 2 rings (SSSR count). The van der Waals surface area contributed by atoms with Crippen LogP contribution < -0.4 is 10.6 Å². The van der Waals surface area contributed by atoms with Crippen LogP contribution in [-0.4, -0.2) is 54.1 Å². The molecule has 21 heavy (non-hydrogen) atoms. The third-order valence-corrected chi connectivity index (χ3v) is 3.74. The lowest BCUT2D eigenvalue weighted by molar-refractivity contribution is -0.144. The minimum atomic E-state index is -0.867. The lowest BCUT2D eigenvalue weighted by Crippen LogP contribution is -2.55. The summed E-state index contributed by atoms with van der Waals surface area (Å²) in [5.41, 5.74) is 0.569. The van der Waals surface area contributed by atoms with Crippen LogP contribution in [0.25, 0.3) is 0 Å². The van der Waals surface area contributed by atoms with Crippen LogP contribution in [0.1, 0.15) is 6.42 Å². The van der Waals surface area contributed by atoms with Crippen molar-refractivity contribution in [2.24, 2.45) is 0 Å². The first-order valence-electron chi connectivity index (χ1n) is 6.80. The molecule has 0 saturated carbocycles. The second-order valence-electron chi connectivity index (χ2n) is 4.87. The molecule has 0 radical (unpaired) electrons. The number of carbonyl (C=O) groups excluding carboxylic acids is 1. The predicted octanol–water partition coefficient (Wildman–Crippen LogP) is 1.03. The van der Waals surface area contributed by atoms with Gasteiger partial charge in [-0.1, -0.05) is 23.7 Å². The van der Waals surface area contributed by atoms with Crippen LogP contribution in [0.2, 0.25) is 5.02 Å². The maximum atomic E-state index is 11.9. The van der Waals surface area contributed by atoms with Gasteiger partial charge in [-0.15, -0.1) is 0 Å². The van der Waals surface area contributed by atoms with E-state index in [4.69, 9.17) is 16.7 Å². The van der Waals surface area contributed by atoms with E-state index in [2.05, 4.69) is 10.6 Å². The minimum Gasteiger partial charge on any atom is -0.480 e. The normalized spacial score (nSPS) is 19.2. The number of hydrogen-bond acceptors (Lipinski definition) is 4. The lowest BCUT2D eigenvalue weighted by atomic mass is 10.2. The molecule has 1 fully saturated rings. The Hall–Kier alpha value is -1.63. The first-order valence-corrected chi connectivity index (χ1v) is 7.17. The Balaban J connectivity index is 1.86. The summed E-state index contributed by atoms with van der Waals surface area (Å²) in [5.74, 6) is -1.04. The zero-order valence-electron chi connectivity index (χ0n) is 11.5. The molecular formula is C14H18ClN3O3. The first kappa shape index (κ1) is 15.8. The SMILES string of the molecule is O=C(CCN1CCNCC1C(=O)O)Nc1ccccc1Cl. The molecule has 7 heteroatoms. The van der Waals surface area contributed by atoms with Crippen LogP contribution in [0.4, 0.5) is 5.69 Å². The Morgan fingerprint density at radius 2 is 2.19 bits per heavy atom. The van der Waals surface area contributed by atoms with Crippen molar-refractivity contribution in [2.45, 2.75) is 12.5 Å². The Kier molecular flexibility index (Phi) is 5.55. The van der Waals surface area contributed by atoms with Crippen molar-refractivity contribution in [3.63, 3.8) is 0 Å². The Morgan fingerprint density at radius 3 is 2.90 bits per heavy atom. The second-order valence-corrected chi connectivity index (χ2v) is 5.28. The maximum absolute atomic E-state index is 11.9. The minimum absolute atomic E-state index is 0.175. The summed E-state index contributed by atoms with van der Waals surface area (Å²) in [6, 6.07) is 6.43. The molecule has 6 nitrogen and oxygen atoms in total. The number of nitrogens with one attached hydrogen (secondary N) is 2. The van der Waals surface area contributed by atoms with Gasteiger partial charge in [-0.25, -0.2) is 0 Å². The molecule has 1 aromatic carbocycles. The van der Waals surface area contributed by atoms with Crippen molar-refractivity contribution in [2.75, 3.05) is 31.5 Å². The van der Waals surface area contributed by atoms with E-state index in [1.165, 1.54) is 0 Å². The standard InChI is InChI=1S/C14H18ClN3O3/c15-10-3-1-2-4-11(10)17-13(19)5-7-18-8-6-16-9-12(18)14(20)21/h1-4,12,16H,5-9H2,(H,17,19)(H,20,21). The molecule has 1 aliphatic heterocycles. The monoisotopic (exact) mass is 311 g/mol. The zero-order valence-corrected chi connectivity index (χ0v) is 12.3. The number of nitrogens with zero attached hydrogens (tertiary/aromatic N) is 1. The van der Waals surface area contributed by atoms with Crippen LogP contribution in [0.3, 0.4) is 0 Å². The summed E-state index contributed by atoms with van der Waals surface area (Å²) in [5, 5.41) is 15.4. The molecular weight excluding hydrogens is 294 g/mol. The number of para-hydroxylation sites is 1. The van der Waals surface area contributed by atoms with E-state index < -0.39 is 12.0 Å². The van der Waals surface area contributed by atoms with Crippen LogP contribution in [0, 0.1) is 0 Å². The smallest absolute Gasteiger partial charge is 0.322 e. The number of piperazine rings is 1.